The molecule has 0 unspecified atom stereocenters. The van der Waals surface area contributed by atoms with Gasteiger partial charge in [0.05, 0.1) is 12.7 Å². The Morgan fingerprint density at radius 1 is 0.906 bits per heavy atom. The zero-order valence-corrected chi connectivity index (χ0v) is 18.4. The van der Waals surface area contributed by atoms with E-state index in [1.165, 1.54) is 7.11 Å². The number of methoxy groups -OCH3 is 1. The molecule has 0 fully saturated rings. The first-order valence-corrected chi connectivity index (χ1v) is 9.96. The van der Waals surface area contributed by atoms with Crippen LogP contribution in [0.1, 0.15) is 37.7 Å². The van der Waals surface area contributed by atoms with Crippen LogP contribution >= 0.6 is 0 Å². The maximum Gasteiger partial charge on any atom is 0.340 e. The van der Waals surface area contributed by atoms with Crippen molar-refractivity contribution in [2.75, 3.05) is 13.7 Å². The van der Waals surface area contributed by atoms with Crippen LogP contribution in [0.3, 0.4) is 0 Å². The average Bonchev–Trinajstić information content (AvgIpc) is 3.10. The molecule has 0 atom stereocenters. The predicted octanol–water partition coefficient (Wildman–Crippen LogP) is 3.03. The topological polar surface area (TPSA) is 98.7 Å². The van der Waals surface area contributed by atoms with Crippen LogP contribution in [0.4, 0.5) is 0 Å². The minimum Gasteiger partial charge on any atom is -0.497 e. The van der Waals surface area contributed by atoms with Gasteiger partial charge >= 0.3 is 5.97 Å². The molecular formula is C24H25N3O5. The lowest BCUT2D eigenvalue weighted by Crippen LogP contribution is -2.43. The summed E-state index contributed by atoms with van der Waals surface area (Å²) < 4.78 is 12.1. The molecule has 0 aliphatic rings. The van der Waals surface area contributed by atoms with Crippen LogP contribution in [0.15, 0.2) is 54.6 Å². The molecule has 0 saturated carbocycles. The van der Waals surface area contributed by atoms with Crippen molar-refractivity contribution in [3.63, 3.8) is 0 Å². The number of esters is 1. The van der Waals surface area contributed by atoms with Crippen LogP contribution in [0, 0.1) is 20.8 Å². The van der Waals surface area contributed by atoms with Crippen molar-refractivity contribution in [2.45, 2.75) is 20.8 Å². The maximum absolute atomic E-state index is 12.5. The highest BCUT2D eigenvalue weighted by Crippen LogP contribution is 2.22. The van der Waals surface area contributed by atoms with E-state index in [4.69, 9.17) is 9.47 Å². The zero-order valence-electron chi connectivity index (χ0n) is 18.4. The number of nitrogens with zero attached hydrogens (tertiary/aromatic N) is 1. The lowest BCUT2D eigenvalue weighted by Gasteiger charge is -2.11. The molecule has 3 aromatic rings. The van der Waals surface area contributed by atoms with E-state index in [0.717, 1.165) is 16.9 Å². The van der Waals surface area contributed by atoms with Gasteiger partial charge in [0.25, 0.3) is 11.8 Å². The van der Waals surface area contributed by atoms with E-state index in [-0.39, 0.29) is 0 Å². The summed E-state index contributed by atoms with van der Waals surface area (Å²) >= 11 is 0. The van der Waals surface area contributed by atoms with Gasteiger partial charge in [-0.2, -0.15) is 0 Å². The molecule has 166 valence electrons. The second kappa shape index (κ2) is 9.82. The first-order valence-electron chi connectivity index (χ1n) is 9.96. The number of aryl methyl sites for hydroxylation is 2. The molecule has 2 amide bonds. The van der Waals surface area contributed by atoms with Gasteiger partial charge in [-0.05, 0) is 63.2 Å². The number of aromatic nitrogens is 1. The number of hydrazine groups is 1. The van der Waals surface area contributed by atoms with Crippen LogP contribution in [-0.2, 0) is 9.53 Å². The molecule has 0 spiro atoms. The van der Waals surface area contributed by atoms with Gasteiger partial charge < -0.3 is 14.0 Å². The minimum atomic E-state index is -0.660. The highest BCUT2D eigenvalue weighted by molar-refractivity contribution is 5.96. The summed E-state index contributed by atoms with van der Waals surface area (Å²) in [7, 11) is 1.52. The van der Waals surface area contributed by atoms with Crippen molar-refractivity contribution >= 4 is 17.8 Å². The van der Waals surface area contributed by atoms with Crippen molar-refractivity contribution in [3.8, 4) is 11.4 Å². The lowest BCUT2D eigenvalue weighted by atomic mass is 10.2. The predicted molar refractivity (Wildman–Crippen MR) is 119 cm³/mol. The van der Waals surface area contributed by atoms with Gasteiger partial charge in [-0.15, -0.1) is 0 Å². The van der Waals surface area contributed by atoms with Crippen LogP contribution < -0.4 is 15.6 Å². The molecule has 2 aromatic carbocycles. The quantitative estimate of drug-likeness (QED) is 0.458. The third-order valence-corrected chi connectivity index (χ3v) is 4.95. The Kier molecular flexibility index (Phi) is 6.94. The zero-order chi connectivity index (χ0) is 23.3. The molecule has 8 nitrogen and oxygen atoms in total. The number of rotatable bonds is 6. The molecule has 0 radical (unpaired) electrons. The number of hydrogen-bond acceptors (Lipinski definition) is 5. The number of carbonyl (C=O) groups excluding carboxylic acids is 3. The second-order valence-corrected chi connectivity index (χ2v) is 7.26. The molecule has 2 N–H and O–H groups in total. The normalized spacial score (nSPS) is 10.4. The molecule has 1 aromatic heterocycles. The van der Waals surface area contributed by atoms with Gasteiger partial charge in [0, 0.05) is 22.6 Å². The summed E-state index contributed by atoms with van der Waals surface area (Å²) in [6, 6.07) is 16.0. The Morgan fingerprint density at radius 2 is 1.56 bits per heavy atom. The number of nitrogens with one attached hydrogen (secondary N) is 2. The summed E-state index contributed by atoms with van der Waals surface area (Å²) in [4.78, 5) is 36.6. The number of amides is 2. The van der Waals surface area contributed by atoms with E-state index in [9.17, 15) is 14.4 Å². The Hall–Kier alpha value is -4.07. The van der Waals surface area contributed by atoms with Crippen LogP contribution in [0.25, 0.3) is 5.69 Å². The highest BCUT2D eigenvalue weighted by atomic mass is 16.5. The summed E-state index contributed by atoms with van der Waals surface area (Å²) in [6.07, 6.45) is 0. The fraction of sp³-hybridized carbons (Fsp3) is 0.208. The number of benzene rings is 2. The van der Waals surface area contributed by atoms with Gasteiger partial charge in [-0.25, -0.2) is 4.79 Å². The Labute approximate surface area is 186 Å². The van der Waals surface area contributed by atoms with Crippen molar-refractivity contribution in [1.29, 1.82) is 0 Å². The second-order valence-electron chi connectivity index (χ2n) is 7.26. The molecule has 32 heavy (non-hydrogen) atoms. The fourth-order valence-electron chi connectivity index (χ4n) is 3.25. The molecule has 0 saturated heterocycles. The Bertz CT molecular complexity index is 1130. The molecular weight excluding hydrogens is 410 g/mol. The van der Waals surface area contributed by atoms with Crippen LogP contribution in [0.5, 0.6) is 5.75 Å². The lowest BCUT2D eigenvalue weighted by molar-refractivity contribution is -0.125. The van der Waals surface area contributed by atoms with Crippen molar-refractivity contribution in [1.82, 2.24) is 15.4 Å². The highest BCUT2D eigenvalue weighted by Gasteiger charge is 2.19. The SMILES string of the molecule is COc1ccc(C(=O)NNC(=O)COC(=O)c2cc(C)n(-c3ccc(C)cc3)c2C)cc1. The van der Waals surface area contributed by atoms with Gasteiger partial charge in [0.2, 0.25) is 0 Å². The van der Waals surface area contributed by atoms with Gasteiger partial charge in [-0.3, -0.25) is 20.4 Å². The van der Waals surface area contributed by atoms with Gasteiger partial charge in [0.15, 0.2) is 6.61 Å². The van der Waals surface area contributed by atoms with Crippen molar-refractivity contribution < 1.29 is 23.9 Å². The number of ether oxygens (including phenoxy) is 2. The van der Waals surface area contributed by atoms with Crippen molar-refractivity contribution in [2.24, 2.45) is 0 Å². The van der Waals surface area contributed by atoms with E-state index in [2.05, 4.69) is 10.9 Å². The average molecular weight is 435 g/mol. The summed E-state index contributed by atoms with van der Waals surface area (Å²) in [5.41, 5.74) is 8.87. The molecule has 1 heterocycles. The fourth-order valence-corrected chi connectivity index (χ4v) is 3.25. The van der Waals surface area contributed by atoms with Crippen molar-refractivity contribution in [3.05, 3.63) is 82.7 Å². The minimum absolute atomic E-state index is 0.339. The summed E-state index contributed by atoms with van der Waals surface area (Å²) in [5.74, 6) is -1.17. The van der Waals surface area contributed by atoms with E-state index in [1.54, 1.807) is 30.3 Å². The smallest absolute Gasteiger partial charge is 0.340 e. The molecule has 0 aliphatic heterocycles. The summed E-state index contributed by atoms with van der Waals surface area (Å²) in [6.45, 7) is 5.19. The monoisotopic (exact) mass is 435 g/mol. The van der Waals surface area contributed by atoms with Crippen LogP contribution in [-0.4, -0.2) is 36.1 Å². The van der Waals surface area contributed by atoms with E-state index in [1.807, 2.05) is 49.6 Å². The van der Waals surface area contributed by atoms with Crippen LogP contribution in [0.2, 0.25) is 0 Å². The van der Waals surface area contributed by atoms with E-state index >= 15 is 0 Å². The van der Waals surface area contributed by atoms with E-state index in [0.29, 0.717) is 22.6 Å². The Morgan fingerprint density at radius 3 is 2.19 bits per heavy atom. The molecule has 8 heteroatoms. The maximum atomic E-state index is 12.5. The third-order valence-electron chi connectivity index (χ3n) is 4.95. The number of carbonyl (C=O) groups is 3. The standard InChI is InChI=1S/C24H25N3O5/c1-15-5-9-19(10-6-15)27-16(2)13-21(17(27)3)24(30)32-14-22(28)25-26-23(29)18-7-11-20(31-4)12-8-18/h5-13H,14H2,1-4H3,(H,25,28)(H,26,29). The first-order chi connectivity index (χ1) is 15.3. The third kappa shape index (κ3) is 5.15. The van der Waals surface area contributed by atoms with E-state index < -0.39 is 24.4 Å². The summed E-state index contributed by atoms with van der Waals surface area (Å²) in [5, 5.41) is 0. The van der Waals surface area contributed by atoms with Gasteiger partial charge in [0.1, 0.15) is 5.75 Å². The molecule has 3 rings (SSSR count). The molecule has 0 aliphatic carbocycles. The number of hydrogen-bond donors (Lipinski definition) is 2. The Balaban J connectivity index is 1.56. The largest absolute Gasteiger partial charge is 0.497 e. The first kappa shape index (κ1) is 22.6. The van der Waals surface area contributed by atoms with Gasteiger partial charge in [-0.1, -0.05) is 17.7 Å². The molecule has 0 bridgehead atoms.